The van der Waals surface area contributed by atoms with Gasteiger partial charge in [0.1, 0.15) is 5.82 Å². The maximum absolute atomic E-state index is 12.6. The van der Waals surface area contributed by atoms with Crippen molar-refractivity contribution < 1.29 is 17.6 Å². The van der Waals surface area contributed by atoms with Crippen molar-refractivity contribution in [3.8, 4) is 0 Å². The second-order valence-corrected chi connectivity index (χ2v) is 4.05. The van der Waals surface area contributed by atoms with Crippen molar-refractivity contribution in [2.24, 2.45) is 0 Å². The van der Waals surface area contributed by atoms with Gasteiger partial charge in [-0.2, -0.15) is 13.2 Å². The predicted molar refractivity (Wildman–Crippen MR) is 58.2 cm³/mol. The van der Waals surface area contributed by atoms with Crippen LogP contribution in [0, 0.1) is 5.82 Å². The second-order valence-electron chi connectivity index (χ2n) is 4.05. The topological polar surface area (TPSA) is 12.0 Å². The highest BCUT2D eigenvalue weighted by Gasteiger charge is 2.26. The van der Waals surface area contributed by atoms with Crippen LogP contribution in [-0.2, 0) is 6.42 Å². The van der Waals surface area contributed by atoms with Gasteiger partial charge < -0.3 is 5.32 Å². The largest absolute Gasteiger partial charge is 0.390 e. The summed E-state index contributed by atoms with van der Waals surface area (Å²) in [5.41, 5.74) is 0.901. The first kappa shape index (κ1) is 14.0. The van der Waals surface area contributed by atoms with Crippen LogP contribution in [0.25, 0.3) is 0 Å². The SMILES string of the molecule is CC(Cc1ccc(F)cc1)NCCC(F)(F)F. The normalized spacial score (nSPS) is 13.7. The quantitative estimate of drug-likeness (QED) is 0.789. The summed E-state index contributed by atoms with van der Waals surface area (Å²) in [6.45, 7) is 1.71. The smallest absolute Gasteiger partial charge is 0.314 e. The number of benzene rings is 1. The Morgan fingerprint density at radius 3 is 2.29 bits per heavy atom. The Hall–Kier alpha value is -1.10. The highest BCUT2D eigenvalue weighted by Crippen LogP contribution is 2.18. The van der Waals surface area contributed by atoms with Gasteiger partial charge in [-0.25, -0.2) is 4.39 Å². The summed E-state index contributed by atoms with van der Waals surface area (Å²) in [7, 11) is 0. The maximum atomic E-state index is 12.6. The first-order valence-electron chi connectivity index (χ1n) is 5.41. The Labute approximate surface area is 97.8 Å². The summed E-state index contributed by atoms with van der Waals surface area (Å²) in [4.78, 5) is 0. The number of halogens is 4. The van der Waals surface area contributed by atoms with E-state index in [4.69, 9.17) is 0 Å². The lowest BCUT2D eigenvalue weighted by atomic mass is 10.1. The lowest BCUT2D eigenvalue weighted by molar-refractivity contribution is -0.133. The molecule has 1 rings (SSSR count). The molecule has 0 aliphatic heterocycles. The van der Waals surface area contributed by atoms with Gasteiger partial charge in [-0.1, -0.05) is 12.1 Å². The zero-order valence-corrected chi connectivity index (χ0v) is 9.52. The lowest BCUT2D eigenvalue weighted by Crippen LogP contribution is -2.31. The van der Waals surface area contributed by atoms with Crippen molar-refractivity contribution in [1.82, 2.24) is 5.32 Å². The van der Waals surface area contributed by atoms with E-state index in [0.717, 1.165) is 5.56 Å². The zero-order valence-electron chi connectivity index (χ0n) is 9.52. The molecule has 1 nitrogen and oxygen atoms in total. The molecule has 1 unspecified atom stereocenters. The standard InChI is InChI=1S/C12H15F4N/c1-9(17-7-6-12(14,15)16)8-10-2-4-11(13)5-3-10/h2-5,9,17H,6-8H2,1H3. The Balaban J connectivity index is 2.30. The first-order valence-corrected chi connectivity index (χ1v) is 5.41. The summed E-state index contributed by atoms with van der Waals surface area (Å²) in [5.74, 6) is -0.313. The van der Waals surface area contributed by atoms with Crippen LogP contribution in [0.2, 0.25) is 0 Å². The molecule has 96 valence electrons. The Morgan fingerprint density at radius 2 is 1.76 bits per heavy atom. The summed E-state index contributed by atoms with van der Waals surface area (Å²) in [6.07, 6.45) is -4.37. The van der Waals surface area contributed by atoms with Crippen LogP contribution in [-0.4, -0.2) is 18.8 Å². The minimum atomic E-state index is -4.12. The fourth-order valence-electron chi connectivity index (χ4n) is 1.51. The molecule has 0 amide bonds. The molecule has 0 bridgehead atoms. The first-order chi connectivity index (χ1) is 7.87. The molecule has 0 spiro atoms. The van der Waals surface area contributed by atoms with Crippen LogP contribution in [0.5, 0.6) is 0 Å². The average molecular weight is 249 g/mol. The molecular formula is C12H15F4N. The number of hydrogen-bond acceptors (Lipinski definition) is 1. The molecule has 0 aliphatic carbocycles. The van der Waals surface area contributed by atoms with Crippen molar-refractivity contribution in [3.63, 3.8) is 0 Å². The molecule has 5 heteroatoms. The van der Waals surface area contributed by atoms with Gasteiger partial charge in [0, 0.05) is 12.6 Å². The van der Waals surface area contributed by atoms with Crippen LogP contribution in [0.15, 0.2) is 24.3 Å². The minimum absolute atomic E-state index is 0.0668. The molecule has 0 fully saturated rings. The van der Waals surface area contributed by atoms with E-state index in [9.17, 15) is 17.6 Å². The molecule has 1 aromatic rings. The minimum Gasteiger partial charge on any atom is -0.314 e. The fraction of sp³-hybridized carbons (Fsp3) is 0.500. The second kappa shape index (κ2) is 6.00. The van der Waals surface area contributed by atoms with E-state index in [1.807, 2.05) is 0 Å². The highest BCUT2D eigenvalue weighted by molar-refractivity contribution is 5.16. The van der Waals surface area contributed by atoms with Crippen LogP contribution >= 0.6 is 0 Å². The van der Waals surface area contributed by atoms with Crippen LogP contribution in [0.1, 0.15) is 18.9 Å². The Bertz CT molecular complexity index is 331. The molecule has 0 aliphatic rings. The van der Waals surface area contributed by atoms with Crippen LogP contribution in [0.3, 0.4) is 0 Å². The van der Waals surface area contributed by atoms with Crippen molar-refractivity contribution in [2.75, 3.05) is 6.54 Å². The van der Waals surface area contributed by atoms with Crippen molar-refractivity contribution in [2.45, 2.75) is 32.0 Å². The predicted octanol–water partition coefficient (Wildman–Crippen LogP) is 3.30. The molecular weight excluding hydrogens is 234 g/mol. The van der Waals surface area contributed by atoms with Gasteiger partial charge in [0.25, 0.3) is 0 Å². The van der Waals surface area contributed by atoms with Crippen LogP contribution in [0.4, 0.5) is 17.6 Å². The van der Waals surface area contributed by atoms with Gasteiger partial charge in [-0.15, -0.1) is 0 Å². The maximum Gasteiger partial charge on any atom is 0.390 e. The molecule has 1 atom stereocenters. The molecule has 0 radical (unpaired) electrons. The van der Waals surface area contributed by atoms with Gasteiger partial charge in [0.2, 0.25) is 0 Å². The summed E-state index contributed by atoms with van der Waals surface area (Å²) < 4.78 is 48.3. The summed E-state index contributed by atoms with van der Waals surface area (Å²) in [6, 6.07) is 5.90. The molecule has 0 aromatic heterocycles. The van der Waals surface area contributed by atoms with Gasteiger partial charge in [0.15, 0.2) is 0 Å². The zero-order chi connectivity index (χ0) is 12.9. The van der Waals surface area contributed by atoms with E-state index < -0.39 is 12.6 Å². The molecule has 0 saturated carbocycles. The number of alkyl halides is 3. The van der Waals surface area contributed by atoms with Gasteiger partial charge in [-0.3, -0.25) is 0 Å². The third kappa shape index (κ3) is 6.26. The van der Waals surface area contributed by atoms with Gasteiger partial charge in [-0.05, 0) is 31.0 Å². The fourth-order valence-corrected chi connectivity index (χ4v) is 1.51. The number of hydrogen-bond donors (Lipinski definition) is 1. The van der Waals surface area contributed by atoms with Crippen molar-refractivity contribution >= 4 is 0 Å². The molecule has 0 heterocycles. The third-order valence-corrected chi connectivity index (χ3v) is 2.36. The van der Waals surface area contributed by atoms with Crippen LogP contribution < -0.4 is 5.32 Å². The van der Waals surface area contributed by atoms with Gasteiger partial charge >= 0.3 is 6.18 Å². The van der Waals surface area contributed by atoms with E-state index in [1.54, 1.807) is 19.1 Å². The van der Waals surface area contributed by atoms with E-state index in [1.165, 1.54) is 12.1 Å². The monoisotopic (exact) mass is 249 g/mol. The Morgan fingerprint density at radius 1 is 1.18 bits per heavy atom. The third-order valence-electron chi connectivity index (χ3n) is 2.36. The van der Waals surface area contributed by atoms with E-state index in [-0.39, 0.29) is 18.4 Å². The highest BCUT2D eigenvalue weighted by atomic mass is 19.4. The van der Waals surface area contributed by atoms with E-state index >= 15 is 0 Å². The average Bonchev–Trinajstić information content (AvgIpc) is 2.19. The Kier molecular flexibility index (Phi) is 4.93. The lowest BCUT2D eigenvalue weighted by Gasteiger charge is -2.14. The molecule has 1 aromatic carbocycles. The molecule has 0 saturated heterocycles. The summed E-state index contributed by atoms with van der Waals surface area (Å²) >= 11 is 0. The van der Waals surface area contributed by atoms with E-state index in [2.05, 4.69) is 5.32 Å². The number of nitrogens with one attached hydrogen (secondary N) is 1. The van der Waals surface area contributed by atoms with Crippen molar-refractivity contribution in [1.29, 1.82) is 0 Å². The molecule has 1 N–H and O–H groups in total. The number of rotatable bonds is 5. The van der Waals surface area contributed by atoms with Crippen molar-refractivity contribution in [3.05, 3.63) is 35.6 Å². The summed E-state index contributed by atoms with van der Waals surface area (Å²) in [5, 5.41) is 2.79. The van der Waals surface area contributed by atoms with Gasteiger partial charge in [0.05, 0.1) is 6.42 Å². The molecule has 17 heavy (non-hydrogen) atoms. The van der Waals surface area contributed by atoms with E-state index in [0.29, 0.717) is 6.42 Å².